The van der Waals surface area contributed by atoms with Gasteiger partial charge in [-0.1, -0.05) is 35.9 Å². The SMILES string of the molecule is COc1ccc(C2C=C(C)CN(c3ccccc3)O2)cc1. The molecule has 108 valence electrons. The third-order valence-electron chi connectivity index (χ3n) is 3.56. The van der Waals surface area contributed by atoms with Gasteiger partial charge in [-0.25, -0.2) is 5.06 Å². The zero-order valence-corrected chi connectivity index (χ0v) is 12.3. The summed E-state index contributed by atoms with van der Waals surface area (Å²) in [7, 11) is 1.67. The summed E-state index contributed by atoms with van der Waals surface area (Å²) in [5, 5.41) is 1.95. The Morgan fingerprint density at radius 3 is 2.43 bits per heavy atom. The van der Waals surface area contributed by atoms with Crippen molar-refractivity contribution in [1.29, 1.82) is 0 Å². The second kappa shape index (κ2) is 6.02. The van der Waals surface area contributed by atoms with Gasteiger partial charge in [-0.2, -0.15) is 0 Å². The number of rotatable bonds is 3. The Labute approximate surface area is 125 Å². The highest BCUT2D eigenvalue weighted by Gasteiger charge is 2.21. The standard InChI is InChI=1S/C18H19NO2/c1-14-12-18(15-8-10-17(20-2)11-9-15)21-19(13-14)16-6-4-3-5-7-16/h3-12,18H,13H2,1-2H3. The summed E-state index contributed by atoms with van der Waals surface area (Å²) in [5.74, 6) is 0.857. The maximum Gasteiger partial charge on any atom is 0.129 e. The predicted octanol–water partition coefficient (Wildman–Crippen LogP) is 4.13. The molecule has 3 nitrogen and oxygen atoms in total. The van der Waals surface area contributed by atoms with Crippen LogP contribution in [0.15, 0.2) is 66.2 Å². The molecule has 0 aromatic heterocycles. The molecule has 1 heterocycles. The van der Waals surface area contributed by atoms with E-state index in [1.807, 2.05) is 47.5 Å². The normalized spacial score (nSPS) is 18.3. The van der Waals surface area contributed by atoms with Gasteiger partial charge in [0.25, 0.3) is 0 Å². The number of hydrogen-bond donors (Lipinski definition) is 0. The first-order chi connectivity index (χ1) is 10.3. The smallest absolute Gasteiger partial charge is 0.129 e. The molecule has 0 saturated carbocycles. The van der Waals surface area contributed by atoms with Crippen LogP contribution in [0.5, 0.6) is 5.75 Å². The van der Waals surface area contributed by atoms with Gasteiger partial charge in [0, 0.05) is 0 Å². The van der Waals surface area contributed by atoms with Crippen LogP contribution >= 0.6 is 0 Å². The third kappa shape index (κ3) is 3.09. The van der Waals surface area contributed by atoms with Gasteiger partial charge in [0.05, 0.1) is 19.3 Å². The van der Waals surface area contributed by atoms with Crippen LogP contribution in [0.25, 0.3) is 0 Å². The molecule has 1 aliphatic heterocycles. The number of para-hydroxylation sites is 1. The average Bonchev–Trinajstić information content (AvgIpc) is 2.55. The first-order valence-corrected chi connectivity index (χ1v) is 7.07. The number of anilines is 1. The number of nitrogens with zero attached hydrogens (tertiary/aromatic N) is 1. The lowest BCUT2D eigenvalue weighted by Gasteiger charge is -2.32. The Balaban J connectivity index is 1.84. The van der Waals surface area contributed by atoms with Gasteiger partial charge >= 0.3 is 0 Å². The quantitative estimate of drug-likeness (QED) is 0.789. The van der Waals surface area contributed by atoms with E-state index in [9.17, 15) is 0 Å². The molecular formula is C18H19NO2. The Kier molecular flexibility index (Phi) is 3.93. The van der Waals surface area contributed by atoms with Crippen molar-refractivity contribution in [2.45, 2.75) is 13.0 Å². The predicted molar refractivity (Wildman–Crippen MR) is 84.4 cm³/mol. The number of hydrogen-bond acceptors (Lipinski definition) is 3. The van der Waals surface area contributed by atoms with Gasteiger partial charge in [0.15, 0.2) is 0 Å². The van der Waals surface area contributed by atoms with E-state index in [1.54, 1.807) is 7.11 Å². The van der Waals surface area contributed by atoms with Crippen LogP contribution in [0.4, 0.5) is 5.69 Å². The summed E-state index contributed by atoms with van der Waals surface area (Å²) in [5.41, 5.74) is 3.49. The van der Waals surface area contributed by atoms with E-state index < -0.39 is 0 Å². The molecule has 0 saturated heterocycles. The summed E-state index contributed by atoms with van der Waals surface area (Å²) >= 11 is 0. The van der Waals surface area contributed by atoms with Crippen LogP contribution in [0.2, 0.25) is 0 Å². The minimum Gasteiger partial charge on any atom is -0.497 e. The number of ether oxygens (including phenoxy) is 1. The Morgan fingerprint density at radius 2 is 1.76 bits per heavy atom. The van der Waals surface area contributed by atoms with Crippen LogP contribution in [-0.2, 0) is 4.84 Å². The largest absolute Gasteiger partial charge is 0.497 e. The molecule has 1 aliphatic rings. The topological polar surface area (TPSA) is 21.7 Å². The highest BCUT2D eigenvalue weighted by molar-refractivity contribution is 5.46. The van der Waals surface area contributed by atoms with Crippen molar-refractivity contribution in [1.82, 2.24) is 0 Å². The molecule has 2 aromatic rings. The van der Waals surface area contributed by atoms with Gasteiger partial charge in [0.1, 0.15) is 11.9 Å². The fraction of sp³-hybridized carbons (Fsp3) is 0.222. The molecule has 0 bridgehead atoms. The van der Waals surface area contributed by atoms with Gasteiger partial charge in [0.2, 0.25) is 0 Å². The van der Waals surface area contributed by atoms with E-state index in [0.29, 0.717) is 0 Å². The second-order valence-electron chi connectivity index (χ2n) is 5.18. The fourth-order valence-corrected chi connectivity index (χ4v) is 2.44. The van der Waals surface area contributed by atoms with E-state index in [2.05, 4.69) is 25.1 Å². The van der Waals surface area contributed by atoms with E-state index in [4.69, 9.17) is 9.57 Å². The zero-order valence-electron chi connectivity index (χ0n) is 12.3. The van der Waals surface area contributed by atoms with E-state index in [-0.39, 0.29) is 6.10 Å². The van der Waals surface area contributed by atoms with Crippen molar-refractivity contribution in [3.8, 4) is 5.75 Å². The minimum absolute atomic E-state index is 0.0649. The first kappa shape index (κ1) is 13.7. The van der Waals surface area contributed by atoms with Crippen molar-refractivity contribution >= 4 is 5.69 Å². The molecule has 2 aromatic carbocycles. The molecule has 0 N–H and O–H groups in total. The van der Waals surface area contributed by atoms with Crippen LogP contribution < -0.4 is 9.80 Å². The second-order valence-corrected chi connectivity index (χ2v) is 5.18. The van der Waals surface area contributed by atoms with Crippen molar-refractivity contribution in [3.63, 3.8) is 0 Å². The summed E-state index contributed by atoms with van der Waals surface area (Å²) in [6.07, 6.45) is 2.10. The van der Waals surface area contributed by atoms with Gasteiger partial charge in [-0.05, 0) is 42.8 Å². The van der Waals surface area contributed by atoms with Crippen LogP contribution in [0.1, 0.15) is 18.6 Å². The van der Waals surface area contributed by atoms with Gasteiger partial charge < -0.3 is 4.74 Å². The fourth-order valence-electron chi connectivity index (χ4n) is 2.44. The maximum absolute atomic E-state index is 6.12. The van der Waals surface area contributed by atoms with Crippen molar-refractivity contribution in [3.05, 3.63) is 71.8 Å². The summed E-state index contributed by atoms with van der Waals surface area (Å²) in [6, 6.07) is 18.2. The summed E-state index contributed by atoms with van der Waals surface area (Å²) in [4.78, 5) is 6.12. The van der Waals surface area contributed by atoms with Gasteiger partial charge in [-0.3, -0.25) is 4.84 Å². The average molecular weight is 281 g/mol. The molecule has 3 heteroatoms. The molecule has 0 amide bonds. The number of benzene rings is 2. The molecule has 0 fully saturated rings. The third-order valence-corrected chi connectivity index (χ3v) is 3.56. The lowest BCUT2D eigenvalue weighted by Crippen LogP contribution is -2.31. The molecule has 0 aliphatic carbocycles. The Morgan fingerprint density at radius 1 is 1.05 bits per heavy atom. The summed E-state index contributed by atoms with van der Waals surface area (Å²) in [6.45, 7) is 2.92. The molecule has 1 unspecified atom stereocenters. The highest BCUT2D eigenvalue weighted by atomic mass is 16.7. The van der Waals surface area contributed by atoms with Crippen molar-refractivity contribution in [2.75, 3.05) is 18.7 Å². The van der Waals surface area contributed by atoms with Crippen LogP contribution in [0, 0.1) is 0 Å². The van der Waals surface area contributed by atoms with E-state index >= 15 is 0 Å². The molecule has 21 heavy (non-hydrogen) atoms. The Hall–Kier alpha value is -2.26. The van der Waals surface area contributed by atoms with Crippen LogP contribution in [0.3, 0.4) is 0 Å². The Bertz CT molecular complexity index is 619. The lowest BCUT2D eigenvalue weighted by atomic mass is 10.1. The van der Waals surface area contributed by atoms with E-state index in [1.165, 1.54) is 5.57 Å². The number of methoxy groups -OCH3 is 1. The van der Waals surface area contributed by atoms with Crippen molar-refractivity contribution in [2.24, 2.45) is 0 Å². The minimum atomic E-state index is -0.0649. The highest BCUT2D eigenvalue weighted by Crippen LogP contribution is 2.30. The molecule has 1 atom stereocenters. The maximum atomic E-state index is 6.12. The van der Waals surface area contributed by atoms with Crippen molar-refractivity contribution < 1.29 is 9.57 Å². The monoisotopic (exact) mass is 281 g/mol. The lowest BCUT2D eigenvalue weighted by molar-refractivity contribution is 0.0557. The molecule has 0 spiro atoms. The molecule has 3 rings (SSSR count). The summed E-state index contributed by atoms with van der Waals surface area (Å²) < 4.78 is 5.20. The zero-order chi connectivity index (χ0) is 14.7. The van der Waals surface area contributed by atoms with E-state index in [0.717, 1.165) is 23.5 Å². The molecular weight excluding hydrogens is 262 g/mol. The van der Waals surface area contributed by atoms with Crippen LogP contribution in [-0.4, -0.2) is 13.7 Å². The molecule has 0 radical (unpaired) electrons. The van der Waals surface area contributed by atoms with Gasteiger partial charge in [-0.15, -0.1) is 0 Å². The number of hydroxylamine groups is 1. The first-order valence-electron chi connectivity index (χ1n) is 7.07.